The summed E-state index contributed by atoms with van der Waals surface area (Å²) in [5.74, 6) is 1.44. The normalized spacial score (nSPS) is 12.5. The van der Waals surface area contributed by atoms with Gasteiger partial charge in [-0.05, 0) is 45.7 Å². The molecule has 0 aliphatic rings. The molecule has 0 aromatic rings. The second-order valence-electron chi connectivity index (χ2n) is 3.97. The zero-order chi connectivity index (χ0) is 12.4. The van der Waals surface area contributed by atoms with Crippen LogP contribution in [0.25, 0.3) is 0 Å². The van der Waals surface area contributed by atoms with Gasteiger partial charge >= 0.3 is 0 Å². The number of thioether (sulfide) groups is 1. The largest absolute Gasteiger partial charge is 0.343 e. The molecule has 3 nitrogen and oxygen atoms in total. The van der Waals surface area contributed by atoms with E-state index in [1.165, 1.54) is 12.2 Å². The van der Waals surface area contributed by atoms with Crippen LogP contribution >= 0.6 is 11.8 Å². The highest BCUT2D eigenvalue weighted by Crippen LogP contribution is 1.99. The van der Waals surface area contributed by atoms with E-state index in [1.54, 1.807) is 0 Å². The third-order valence-corrected chi connectivity index (χ3v) is 3.31. The Balaban J connectivity index is 3.68. The average Bonchev–Trinajstić information content (AvgIpc) is 2.26. The van der Waals surface area contributed by atoms with Crippen LogP contribution in [0.3, 0.4) is 0 Å². The van der Waals surface area contributed by atoms with Crippen molar-refractivity contribution in [3.8, 4) is 0 Å². The van der Waals surface area contributed by atoms with Crippen molar-refractivity contribution in [2.45, 2.75) is 39.7 Å². The molecule has 1 unspecified atom stereocenters. The molecule has 0 spiro atoms. The lowest BCUT2D eigenvalue weighted by Crippen LogP contribution is -2.37. The molecule has 0 saturated heterocycles. The van der Waals surface area contributed by atoms with E-state index in [0.29, 0.717) is 6.42 Å². The minimum absolute atomic E-state index is 0.259. The summed E-state index contributed by atoms with van der Waals surface area (Å²) in [5, 5.41) is 3.39. The van der Waals surface area contributed by atoms with Gasteiger partial charge in [-0.25, -0.2) is 0 Å². The minimum Gasteiger partial charge on any atom is -0.343 e. The first-order valence-corrected chi connectivity index (χ1v) is 7.55. The smallest absolute Gasteiger partial charge is 0.224 e. The van der Waals surface area contributed by atoms with Crippen LogP contribution < -0.4 is 5.32 Å². The van der Waals surface area contributed by atoms with Gasteiger partial charge in [0.1, 0.15) is 0 Å². The van der Waals surface area contributed by atoms with Crippen molar-refractivity contribution in [2.75, 3.05) is 31.6 Å². The second kappa shape index (κ2) is 9.97. The number of carbonyl (C=O) groups excluding carboxylic acids is 1. The molecule has 0 rings (SSSR count). The lowest BCUT2D eigenvalue weighted by Gasteiger charge is -2.21. The number of nitrogens with one attached hydrogen (secondary N) is 1. The van der Waals surface area contributed by atoms with E-state index in [9.17, 15) is 4.79 Å². The molecule has 0 fully saturated rings. The monoisotopic (exact) mass is 246 g/mol. The van der Waals surface area contributed by atoms with Crippen LogP contribution in [0.5, 0.6) is 0 Å². The van der Waals surface area contributed by atoms with Gasteiger partial charge in [-0.3, -0.25) is 4.79 Å². The number of hydrogen-bond acceptors (Lipinski definition) is 3. The Kier molecular flexibility index (Phi) is 9.83. The van der Waals surface area contributed by atoms with Crippen molar-refractivity contribution in [3.05, 3.63) is 0 Å². The predicted molar refractivity (Wildman–Crippen MR) is 73.0 cm³/mol. The van der Waals surface area contributed by atoms with E-state index >= 15 is 0 Å². The summed E-state index contributed by atoms with van der Waals surface area (Å²) in [6.07, 6.45) is 3.90. The Hall–Kier alpha value is -0.220. The van der Waals surface area contributed by atoms with E-state index in [-0.39, 0.29) is 11.9 Å². The highest BCUT2D eigenvalue weighted by Gasteiger charge is 2.12. The van der Waals surface area contributed by atoms with Crippen LogP contribution in [0.15, 0.2) is 0 Å². The molecule has 0 bridgehead atoms. The summed E-state index contributed by atoms with van der Waals surface area (Å²) < 4.78 is 0. The standard InChI is InChI=1S/C12H26N2OS/c1-5-14(6-2)12(15)10-11(3)13-8-7-9-16-4/h11,13H,5-10H2,1-4H3. The van der Waals surface area contributed by atoms with Gasteiger partial charge in [-0.1, -0.05) is 0 Å². The van der Waals surface area contributed by atoms with Crippen LogP contribution in [0.2, 0.25) is 0 Å². The molecular weight excluding hydrogens is 220 g/mol. The summed E-state index contributed by atoms with van der Waals surface area (Å²) in [6.45, 7) is 8.77. The maximum absolute atomic E-state index is 11.8. The predicted octanol–water partition coefficient (Wildman–Crippen LogP) is 1.98. The fourth-order valence-electron chi connectivity index (χ4n) is 1.60. The van der Waals surface area contributed by atoms with Crippen molar-refractivity contribution in [1.82, 2.24) is 10.2 Å². The van der Waals surface area contributed by atoms with E-state index < -0.39 is 0 Å². The second-order valence-corrected chi connectivity index (χ2v) is 4.96. The molecule has 1 atom stereocenters. The molecule has 1 amide bonds. The molecular formula is C12H26N2OS. The van der Waals surface area contributed by atoms with Crippen molar-refractivity contribution in [1.29, 1.82) is 0 Å². The lowest BCUT2D eigenvalue weighted by atomic mass is 10.2. The van der Waals surface area contributed by atoms with E-state index in [4.69, 9.17) is 0 Å². The fraction of sp³-hybridized carbons (Fsp3) is 0.917. The first-order valence-electron chi connectivity index (χ1n) is 6.15. The van der Waals surface area contributed by atoms with Crippen LogP contribution in [-0.4, -0.2) is 48.5 Å². The summed E-state index contributed by atoms with van der Waals surface area (Å²) >= 11 is 1.86. The molecule has 0 aliphatic heterocycles. The molecule has 96 valence electrons. The maximum atomic E-state index is 11.8. The lowest BCUT2D eigenvalue weighted by molar-refractivity contribution is -0.131. The third-order valence-electron chi connectivity index (χ3n) is 2.61. The minimum atomic E-state index is 0.259. The first-order chi connectivity index (χ1) is 7.65. The number of hydrogen-bond donors (Lipinski definition) is 1. The van der Waals surface area contributed by atoms with Gasteiger partial charge in [0.25, 0.3) is 0 Å². The molecule has 0 aromatic heterocycles. The summed E-state index contributed by atoms with van der Waals surface area (Å²) in [5.41, 5.74) is 0. The van der Waals surface area contributed by atoms with Gasteiger partial charge < -0.3 is 10.2 Å². The number of carbonyl (C=O) groups is 1. The Morgan fingerprint density at radius 3 is 2.50 bits per heavy atom. The number of amides is 1. The Morgan fingerprint density at radius 1 is 1.38 bits per heavy atom. The highest BCUT2D eigenvalue weighted by atomic mass is 32.2. The molecule has 16 heavy (non-hydrogen) atoms. The zero-order valence-electron chi connectivity index (χ0n) is 11.1. The van der Waals surface area contributed by atoms with Gasteiger partial charge in [0.15, 0.2) is 0 Å². The van der Waals surface area contributed by atoms with Gasteiger partial charge in [-0.15, -0.1) is 0 Å². The van der Waals surface area contributed by atoms with Gasteiger partial charge in [-0.2, -0.15) is 11.8 Å². The van der Waals surface area contributed by atoms with Gasteiger partial charge in [0, 0.05) is 25.6 Å². The van der Waals surface area contributed by atoms with Crippen molar-refractivity contribution >= 4 is 17.7 Å². The maximum Gasteiger partial charge on any atom is 0.224 e. The van der Waals surface area contributed by atoms with Crippen molar-refractivity contribution in [3.63, 3.8) is 0 Å². The average molecular weight is 246 g/mol. The quantitative estimate of drug-likeness (QED) is 0.631. The van der Waals surface area contributed by atoms with E-state index in [2.05, 4.69) is 18.5 Å². The highest BCUT2D eigenvalue weighted by molar-refractivity contribution is 7.98. The molecule has 0 radical (unpaired) electrons. The summed E-state index contributed by atoms with van der Waals surface area (Å²) in [6, 6.07) is 0.287. The first kappa shape index (κ1) is 15.8. The van der Waals surface area contributed by atoms with Crippen LogP contribution in [-0.2, 0) is 4.79 Å². The fourth-order valence-corrected chi connectivity index (χ4v) is 2.04. The van der Waals surface area contributed by atoms with E-state index in [0.717, 1.165) is 19.6 Å². The molecule has 0 saturated carbocycles. The molecule has 1 N–H and O–H groups in total. The zero-order valence-corrected chi connectivity index (χ0v) is 11.9. The number of nitrogens with zero attached hydrogens (tertiary/aromatic N) is 1. The van der Waals surface area contributed by atoms with E-state index in [1.807, 2.05) is 30.5 Å². The van der Waals surface area contributed by atoms with Crippen molar-refractivity contribution < 1.29 is 4.79 Å². The van der Waals surface area contributed by atoms with Crippen LogP contribution in [0, 0.1) is 0 Å². The molecule has 0 aromatic carbocycles. The number of rotatable bonds is 9. The summed E-state index contributed by atoms with van der Waals surface area (Å²) in [7, 11) is 0. The summed E-state index contributed by atoms with van der Waals surface area (Å²) in [4.78, 5) is 13.7. The van der Waals surface area contributed by atoms with Gasteiger partial charge in [0.05, 0.1) is 0 Å². The third kappa shape index (κ3) is 7.12. The van der Waals surface area contributed by atoms with Crippen molar-refractivity contribution in [2.24, 2.45) is 0 Å². The van der Waals surface area contributed by atoms with Crippen LogP contribution in [0.4, 0.5) is 0 Å². The Labute approximate surface area is 104 Å². The molecule has 0 heterocycles. The molecule has 4 heteroatoms. The SMILES string of the molecule is CCN(CC)C(=O)CC(C)NCCCSC. The van der Waals surface area contributed by atoms with Crippen LogP contribution in [0.1, 0.15) is 33.6 Å². The Morgan fingerprint density at radius 2 is 2.00 bits per heavy atom. The molecule has 0 aliphatic carbocycles. The topological polar surface area (TPSA) is 32.3 Å². The van der Waals surface area contributed by atoms with Gasteiger partial charge in [0.2, 0.25) is 5.91 Å². The Bertz CT molecular complexity index is 184.